The number of aromatic nitrogens is 1. The zero-order valence-electron chi connectivity index (χ0n) is 15.8. The molecule has 1 aliphatic carbocycles. The summed E-state index contributed by atoms with van der Waals surface area (Å²) in [6.45, 7) is 7.00. The summed E-state index contributed by atoms with van der Waals surface area (Å²) < 4.78 is 11.8. The van der Waals surface area contributed by atoms with Crippen LogP contribution in [0.2, 0.25) is 0 Å². The number of amides is 1. The number of hydrogen-bond acceptors (Lipinski definition) is 4. The third-order valence-corrected chi connectivity index (χ3v) is 6.47. The molecule has 3 fully saturated rings. The molecule has 1 spiro atoms. The Balaban J connectivity index is 1.36. The van der Waals surface area contributed by atoms with Gasteiger partial charge in [-0.25, -0.2) is 0 Å². The molecular formula is C21H30N2O3. The molecule has 1 aromatic rings. The second-order valence-electron chi connectivity index (χ2n) is 8.41. The molecule has 1 amide bonds. The number of hydrogen-bond donors (Lipinski definition) is 0. The lowest BCUT2D eigenvalue weighted by atomic mass is 9.66. The van der Waals surface area contributed by atoms with Crippen molar-refractivity contribution in [2.24, 2.45) is 17.3 Å². The second-order valence-corrected chi connectivity index (χ2v) is 8.41. The van der Waals surface area contributed by atoms with Gasteiger partial charge in [0.2, 0.25) is 0 Å². The topological polar surface area (TPSA) is 51.7 Å². The lowest BCUT2D eigenvalue weighted by Gasteiger charge is -2.49. The molecule has 0 aromatic carbocycles. The molecule has 3 aliphatic rings. The first kappa shape index (κ1) is 17.9. The summed E-state index contributed by atoms with van der Waals surface area (Å²) >= 11 is 0. The SMILES string of the molecule is Cc1cncc(C(=O)N2CCC3(CCOC[C@H]3COCC3CC3)CC2)c1. The van der Waals surface area contributed by atoms with Gasteiger partial charge >= 0.3 is 0 Å². The molecule has 1 saturated carbocycles. The third-order valence-electron chi connectivity index (χ3n) is 6.47. The van der Waals surface area contributed by atoms with E-state index in [-0.39, 0.29) is 11.3 Å². The molecule has 4 rings (SSSR count). The van der Waals surface area contributed by atoms with Crippen LogP contribution >= 0.6 is 0 Å². The number of carbonyl (C=O) groups excluding carboxylic acids is 1. The Morgan fingerprint density at radius 3 is 2.81 bits per heavy atom. The number of piperidine rings is 1. The van der Waals surface area contributed by atoms with Crippen LogP contribution in [0.5, 0.6) is 0 Å². The summed E-state index contributed by atoms with van der Waals surface area (Å²) in [5, 5.41) is 0. The van der Waals surface area contributed by atoms with E-state index in [1.165, 1.54) is 12.8 Å². The van der Waals surface area contributed by atoms with Crippen molar-refractivity contribution in [2.45, 2.75) is 39.0 Å². The monoisotopic (exact) mass is 358 g/mol. The van der Waals surface area contributed by atoms with Crippen molar-refractivity contribution in [1.29, 1.82) is 0 Å². The van der Waals surface area contributed by atoms with E-state index in [0.717, 1.165) is 70.3 Å². The van der Waals surface area contributed by atoms with Gasteiger partial charge < -0.3 is 14.4 Å². The minimum absolute atomic E-state index is 0.115. The molecule has 0 N–H and O–H groups in total. The van der Waals surface area contributed by atoms with Crippen molar-refractivity contribution < 1.29 is 14.3 Å². The van der Waals surface area contributed by atoms with Crippen LogP contribution < -0.4 is 0 Å². The van der Waals surface area contributed by atoms with Crippen LogP contribution in [-0.2, 0) is 9.47 Å². The largest absolute Gasteiger partial charge is 0.381 e. The first-order valence-corrected chi connectivity index (χ1v) is 10.0. The Morgan fingerprint density at radius 1 is 1.27 bits per heavy atom. The predicted molar refractivity (Wildman–Crippen MR) is 99.0 cm³/mol. The summed E-state index contributed by atoms with van der Waals surface area (Å²) in [5.74, 6) is 1.38. The smallest absolute Gasteiger partial charge is 0.255 e. The molecule has 0 unspecified atom stereocenters. The normalized spacial score (nSPS) is 25.4. The minimum atomic E-state index is 0.115. The Labute approximate surface area is 156 Å². The van der Waals surface area contributed by atoms with Gasteiger partial charge in [-0.05, 0) is 62.0 Å². The fraction of sp³-hybridized carbons (Fsp3) is 0.714. The average molecular weight is 358 g/mol. The van der Waals surface area contributed by atoms with Gasteiger partial charge in [-0.1, -0.05) is 0 Å². The van der Waals surface area contributed by atoms with E-state index in [1.807, 2.05) is 17.9 Å². The van der Waals surface area contributed by atoms with Crippen molar-refractivity contribution in [2.75, 3.05) is 39.5 Å². The summed E-state index contributed by atoms with van der Waals surface area (Å²) in [5.41, 5.74) is 2.02. The molecule has 1 aromatic heterocycles. The molecular weight excluding hydrogens is 328 g/mol. The maximum absolute atomic E-state index is 12.8. The Kier molecular flexibility index (Phi) is 5.28. The van der Waals surface area contributed by atoms with Gasteiger partial charge in [-0.15, -0.1) is 0 Å². The van der Waals surface area contributed by atoms with Crippen molar-refractivity contribution in [1.82, 2.24) is 9.88 Å². The molecule has 3 heterocycles. The molecule has 0 radical (unpaired) electrons. The van der Waals surface area contributed by atoms with Gasteiger partial charge in [0.05, 0.1) is 18.8 Å². The lowest BCUT2D eigenvalue weighted by Crippen LogP contribution is -2.50. The number of rotatable bonds is 5. The molecule has 1 atom stereocenters. The highest BCUT2D eigenvalue weighted by atomic mass is 16.5. The van der Waals surface area contributed by atoms with Crippen molar-refractivity contribution in [3.63, 3.8) is 0 Å². The number of likely N-dealkylation sites (tertiary alicyclic amines) is 1. The van der Waals surface area contributed by atoms with Crippen LogP contribution in [-0.4, -0.2) is 55.3 Å². The maximum Gasteiger partial charge on any atom is 0.255 e. The van der Waals surface area contributed by atoms with Crippen LogP contribution in [0.3, 0.4) is 0 Å². The second kappa shape index (κ2) is 7.65. The van der Waals surface area contributed by atoms with Gasteiger partial charge in [0.25, 0.3) is 5.91 Å². The zero-order valence-corrected chi connectivity index (χ0v) is 15.8. The van der Waals surface area contributed by atoms with E-state index in [2.05, 4.69) is 4.98 Å². The standard InChI is InChI=1S/C21H30N2O3/c1-16-10-18(12-22-11-16)20(24)23-7-4-21(5-8-23)6-9-25-14-19(21)15-26-13-17-2-3-17/h10-12,17,19H,2-9,13-15H2,1H3/t19-/m0/s1. The highest BCUT2D eigenvalue weighted by Crippen LogP contribution is 2.45. The summed E-state index contributed by atoms with van der Waals surface area (Å²) in [6, 6.07) is 1.93. The Hall–Kier alpha value is -1.46. The summed E-state index contributed by atoms with van der Waals surface area (Å²) in [4.78, 5) is 19.0. The number of carbonyl (C=O) groups is 1. The Morgan fingerprint density at radius 2 is 2.08 bits per heavy atom. The van der Waals surface area contributed by atoms with Crippen LogP contribution in [0.25, 0.3) is 0 Å². The van der Waals surface area contributed by atoms with Gasteiger partial charge in [-0.3, -0.25) is 9.78 Å². The molecule has 5 heteroatoms. The predicted octanol–water partition coefficient (Wildman–Crippen LogP) is 3.08. The number of pyridine rings is 1. The summed E-state index contributed by atoms with van der Waals surface area (Å²) in [6.07, 6.45) is 9.34. The number of aryl methyl sites for hydroxylation is 1. The van der Waals surface area contributed by atoms with Gasteiger partial charge in [0.15, 0.2) is 0 Å². The molecule has 0 bridgehead atoms. The van der Waals surface area contributed by atoms with Crippen molar-refractivity contribution in [3.8, 4) is 0 Å². The molecule has 2 aliphatic heterocycles. The third kappa shape index (κ3) is 3.94. The van der Waals surface area contributed by atoms with E-state index in [0.29, 0.717) is 11.5 Å². The Bertz CT molecular complexity index is 636. The van der Waals surface area contributed by atoms with Gasteiger partial charge in [-0.2, -0.15) is 0 Å². The van der Waals surface area contributed by atoms with Gasteiger partial charge in [0.1, 0.15) is 0 Å². The zero-order chi connectivity index (χ0) is 18.0. The number of nitrogens with zero attached hydrogens (tertiary/aromatic N) is 2. The van der Waals surface area contributed by atoms with Crippen LogP contribution in [0.1, 0.15) is 48.0 Å². The van der Waals surface area contributed by atoms with E-state index >= 15 is 0 Å². The molecule has 26 heavy (non-hydrogen) atoms. The highest BCUT2D eigenvalue weighted by Gasteiger charge is 2.44. The quantitative estimate of drug-likeness (QED) is 0.812. The first-order valence-electron chi connectivity index (χ1n) is 10.0. The molecule has 5 nitrogen and oxygen atoms in total. The van der Waals surface area contributed by atoms with Gasteiger partial charge in [0, 0.05) is 44.6 Å². The van der Waals surface area contributed by atoms with Crippen molar-refractivity contribution in [3.05, 3.63) is 29.6 Å². The van der Waals surface area contributed by atoms with E-state index in [9.17, 15) is 4.79 Å². The van der Waals surface area contributed by atoms with Crippen molar-refractivity contribution >= 4 is 5.91 Å². The van der Waals surface area contributed by atoms with Crippen LogP contribution in [0, 0.1) is 24.2 Å². The minimum Gasteiger partial charge on any atom is -0.381 e. The molecule has 142 valence electrons. The summed E-state index contributed by atoms with van der Waals surface area (Å²) in [7, 11) is 0. The maximum atomic E-state index is 12.8. The fourth-order valence-corrected chi connectivity index (χ4v) is 4.44. The lowest BCUT2D eigenvalue weighted by molar-refractivity contribution is -0.0975. The fourth-order valence-electron chi connectivity index (χ4n) is 4.44. The van der Waals surface area contributed by atoms with E-state index in [4.69, 9.17) is 9.47 Å². The number of ether oxygens (including phenoxy) is 2. The van der Waals surface area contributed by atoms with E-state index < -0.39 is 0 Å². The van der Waals surface area contributed by atoms with Crippen LogP contribution in [0.4, 0.5) is 0 Å². The average Bonchev–Trinajstić information content (AvgIpc) is 3.48. The van der Waals surface area contributed by atoms with Crippen LogP contribution in [0.15, 0.2) is 18.5 Å². The molecule has 2 saturated heterocycles. The highest BCUT2D eigenvalue weighted by molar-refractivity contribution is 5.94. The van der Waals surface area contributed by atoms with E-state index in [1.54, 1.807) is 12.4 Å². The first-order chi connectivity index (χ1) is 12.7.